The number of nitrogens with one attached hydrogen (secondary N) is 1. The first-order valence-electron chi connectivity index (χ1n) is 10.3. The minimum atomic E-state index is -0.313. The molecule has 2 atom stereocenters. The van der Waals surface area contributed by atoms with Crippen LogP contribution in [0.15, 0.2) is 42.5 Å². The van der Waals surface area contributed by atoms with Crippen LogP contribution in [-0.4, -0.2) is 23.1 Å². The summed E-state index contributed by atoms with van der Waals surface area (Å²) < 4.78 is 5.23. The maximum atomic E-state index is 11.2. The van der Waals surface area contributed by atoms with Crippen molar-refractivity contribution in [3.05, 3.63) is 69.4 Å². The molecule has 4 rings (SSSR count). The molecule has 0 bridgehead atoms. The van der Waals surface area contributed by atoms with Gasteiger partial charge in [-0.05, 0) is 55.5 Å². The Kier molecular flexibility index (Phi) is 5.53. The fourth-order valence-corrected chi connectivity index (χ4v) is 4.47. The monoisotopic (exact) mass is 394 g/mol. The molecule has 2 aromatic carbocycles. The summed E-state index contributed by atoms with van der Waals surface area (Å²) in [6.45, 7) is 2.28. The van der Waals surface area contributed by atoms with Gasteiger partial charge in [0.15, 0.2) is 0 Å². The van der Waals surface area contributed by atoms with Gasteiger partial charge >= 0.3 is 0 Å². The molecule has 1 aromatic heterocycles. The van der Waals surface area contributed by atoms with Gasteiger partial charge in [-0.15, -0.1) is 0 Å². The van der Waals surface area contributed by atoms with Gasteiger partial charge < -0.3 is 15.0 Å². The molecule has 0 radical (unpaired) electrons. The van der Waals surface area contributed by atoms with Crippen molar-refractivity contribution in [2.75, 3.05) is 7.11 Å². The van der Waals surface area contributed by atoms with E-state index in [2.05, 4.69) is 29.4 Å². The number of hydrogen-bond donors (Lipinski definition) is 2. The van der Waals surface area contributed by atoms with Gasteiger partial charge in [0.1, 0.15) is 11.8 Å². The lowest BCUT2D eigenvalue weighted by Crippen LogP contribution is -2.90. The highest BCUT2D eigenvalue weighted by Crippen LogP contribution is 2.34. The van der Waals surface area contributed by atoms with Crippen LogP contribution < -0.4 is 10.1 Å². The second-order valence-electron chi connectivity index (χ2n) is 8.06. The number of non-ortho nitro benzene ring substituents is 1. The van der Waals surface area contributed by atoms with Gasteiger partial charge in [-0.25, -0.2) is 0 Å². The average molecular weight is 394 g/mol. The molecule has 6 heteroatoms. The molecule has 3 aromatic rings. The number of aromatic amines is 1. The summed E-state index contributed by atoms with van der Waals surface area (Å²) in [5.41, 5.74) is 5.01. The molecule has 1 aliphatic rings. The SMILES string of the molecule is COc1ccc(CC[C@@H](C)[NH2+][C@@H]2CCCc3c2[nH]c2ccc([N+](=O)[O-])cc32)cc1. The Bertz CT molecular complexity index is 1010. The summed E-state index contributed by atoms with van der Waals surface area (Å²) in [5.74, 6) is 0.891. The number of nitrogens with zero attached hydrogens (tertiary/aromatic N) is 1. The van der Waals surface area contributed by atoms with Gasteiger partial charge in [0, 0.05) is 35.9 Å². The summed E-state index contributed by atoms with van der Waals surface area (Å²) in [7, 11) is 1.69. The molecule has 0 unspecified atom stereocenters. The Labute approximate surface area is 170 Å². The Hall–Kier alpha value is -2.86. The largest absolute Gasteiger partial charge is 0.497 e. The zero-order valence-corrected chi connectivity index (χ0v) is 17.0. The van der Waals surface area contributed by atoms with Crippen LogP contribution in [0.5, 0.6) is 5.75 Å². The van der Waals surface area contributed by atoms with Crippen LogP contribution >= 0.6 is 0 Å². The number of methoxy groups -OCH3 is 1. The molecule has 0 saturated heterocycles. The van der Waals surface area contributed by atoms with Gasteiger partial charge in [0.25, 0.3) is 5.69 Å². The third-order valence-electron chi connectivity index (χ3n) is 6.05. The minimum absolute atomic E-state index is 0.165. The maximum Gasteiger partial charge on any atom is 0.270 e. The van der Waals surface area contributed by atoms with E-state index in [-0.39, 0.29) is 10.6 Å². The molecule has 1 aliphatic carbocycles. The highest BCUT2D eigenvalue weighted by atomic mass is 16.6. The first-order valence-corrected chi connectivity index (χ1v) is 10.3. The highest BCUT2D eigenvalue weighted by Gasteiger charge is 2.28. The van der Waals surface area contributed by atoms with Crippen molar-refractivity contribution in [3.8, 4) is 5.75 Å². The van der Waals surface area contributed by atoms with Crippen LogP contribution in [-0.2, 0) is 12.8 Å². The van der Waals surface area contributed by atoms with Gasteiger partial charge in [0.05, 0.1) is 23.8 Å². The number of nitro benzene ring substituents is 1. The lowest BCUT2D eigenvalue weighted by molar-refractivity contribution is -0.727. The highest BCUT2D eigenvalue weighted by molar-refractivity contribution is 5.87. The third kappa shape index (κ3) is 4.12. The predicted octanol–water partition coefficient (Wildman–Crippen LogP) is 4.05. The molecule has 1 heterocycles. The molecule has 0 fully saturated rings. The number of rotatable bonds is 7. The quantitative estimate of drug-likeness (QED) is 0.468. The molecule has 0 amide bonds. The molecule has 3 N–H and O–H groups in total. The molecule has 6 nitrogen and oxygen atoms in total. The van der Waals surface area contributed by atoms with Gasteiger partial charge in [-0.3, -0.25) is 10.1 Å². The van der Waals surface area contributed by atoms with Crippen LogP contribution in [0.4, 0.5) is 5.69 Å². The normalized spacial score (nSPS) is 17.1. The van der Waals surface area contributed by atoms with Gasteiger partial charge in [-0.2, -0.15) is 0 Å². The smallest absolute Gasteiger partial charge is 0.270 e. The van der Waals surface area contributed by atoms with Crippen LogP contribution in [0, 0.1) is 10.1 Å². The lowest BCUT2D eigenvalue weighted by Gasteiger charge is -2.24. The zero-order chi connectivity index (χ0) is 20.4. The fraction of sp³-hybridized carbons (Fsp3) is 0.391. The van der Waals surface area contributed by atoms with E-state index < -0.39 is 0 Å². The van der Waals surface area contributed by atoms with Crippen molar-refractivity contribution < 1.29 is 15.0 Å². The first-order chi connectivity index (χ1) is 14.0. The fourth-order valence-electron chi connectivity index (χ4n) is 4.47. The van der Waals surface area contributed by atoms with Crippen LogP contribution in [0.1, 0.15) is 49.0 Å². The van der Waals surface area contributed by atoms with Crippen molar-refractivity contribution in [3.63, 3.8) is 0 Å². The molecule has 29 heavy (non-hydrogen) atoms. The Morgan fingerprint density at radius 1 is 1.28 bits per heavy atom. The van der Waals surface area contributed by atoms with E-state index in [1.54, 1.807) is 19.2 Å². The number of benzene rings is 2. The second kappa shape index (κ2) is 8.25. The van der Waals surface area contributed by atoms with Gasteiger partial charge in [-0.1, -0.05) is 12.1 Å². The zero-order valence-electron chi connectivity index (χ0n) is 17.0. The number of aryl methyl sites for hydroxylation is 2. The number of aromatic nitrogens is 1. The molecule has 152 valence electrons. The van der Waals surface area contributed by atoms with E-state index >= 15 is 0 Å². The van der Waals surface area contributed by atoms with Crippen molar-refractivity contribution >= 4 is 16.6 Å². The average Bonchev–Trinajstić information content (AvgIpc) is 3.11. The standard InChI is InChI=1S/C23H27N3O3/c1-15(6-7-16-8-11-18(29-2)12-9-16)24-22-5-3-4-19-20-14-17(26(27)28)10-13-21(20)25-23(19)22/h8-15,22,24-25H,3-7H2,1-2H3/p+1/t15-,22-/m1/s1. The number of ether oxygens (including phenoxy) is 1. The summed E-state index contributed by atoms with van der Waals surface area (Å²) in [5, 5.41) is 14.6. The van der Waals surface area contributed by atoms with Gasteiger partial charge in [0.2, 0.25) is 0 Å². The van der Waals surface area contributed by atoms with Crippen molar-refractivity contribution in [1.29, 1.82) is 0 Å². The van der Waals surface area contributed by atoms with Crippen LogP contribution in [0.2, 0.25) is 0 Å². The number of fused-ring (bicyclic) bond motifs is 3. The number of H-pyrrole nitrogens is 1. The lowest BCUT2D eigenvalue weighted by atomic mass is 9.91. The minimum Gasteiger partial charge on any atom is -0.497 e. The molecular formula is C23H28N3O3+. The van der Waals surface area contributed by atoms with Crippen LogP contribution in [0.25, 0.3) is 10.9 Å². The Morgan fingerprint density at radius 3 is 2.79 bits per heavy atom. The summed E-state index contributed by atoms with van der Waals surface area (Å²) in [6, 6.07) is 14.3. The molecule has 0 aliphatic heterocycles. The first kappa shape index (κ1) is 19.5. The molecular weight excluding hydrogens is 366 g/mol. The van der Waals surface area contributed by atoms with Crippen LogP contribution in [0.3, 0.4) is 0 Å². The van der Waals surface area contributed by atoms with E-state index in [1.807, 2.05) is 18.2 Å². The van der Waals surface area contributed by atoms with E-state index in [9.17, 15) is 10.1 Å². The van der Waals surface area contributed by atoms with Crippen molar-refractivity contribution in [2.24, 2.45) is 0 Å². The second-order valence-corrected chi connectivity index (χ2v) is 8.06. The number of hydrogen-bond acceptors (Lipinski definition) is 3. The van der Waals surface area contributed by atoms with E-state index in [4.69, 9.17) is 4.74 Å². The van der Waals surface area contributed by atoms with Crippen molar-refractivity contribution in [2.45, 2.75) is 51.1 Å². The number of quaternary nitrogens is 1. The maximum absolute atomic E-state index is 11.2. The topological polar surface area (TPSA) is 84.8 Å². The Morgan fingerprint density at radius 2 is 2.07 bits per heavy atom. The summed E-state index contributed by atoms with van der Waals surface area (Å²) in [6.07, 6.45) is 5.38. The van der Waals surface area contributed by atoms with Crippen molar-refractivity contribution in [1.82, 2.24) is 4.98 Å². The summed E-state index contributed by atoms with van der Waals surface area (Å²) >= 11 is 0. The summed E-state index contributed by atoms with van der Waals surface area (Å²) in [4.78, 5) is 14.4. The van der Waals surface area contributed by atoms with E-state index in [1.165, 1.54) is 16.8 Å². The molecule has 0 saturated carbocycles. The van der Waals surface area contributed by atoms with E-state index in [0.717, 1.165) is 48.8 Å². The number of nitro groups is 1. The predicted molar refractivity (Wildman–Crippen MR) is 113 cm³/mol. The van der Waals surface area contributed by atoms with E-state index in [0.29, 0.717) is 12.1 Å². The Balaban J connectivity index is 1.46. The third-order valence-corrected chi connectivity index (χ3v) is 6.05. The molecule has 0 spiro atoms. The number of nitrogens with two attached hydrogens (primary N) is 1.